The SMILES string of the molecule is CC(C)(C)NS(=O)(=O)c1cncc(-c2nnc(Nc3cccc(F)c3)c3c(-c4ccccc4)ccn23)c1. The average Bonchev–Trinajstić information content (AvgIpc) is 3.29. The topological polar surface area (TPSA) is 101 Å². The minimum absolute atomic E-state index is 0.0206. The van der Waals surface area contributed by atoms with E-state index in [4.69, 9.17) is 0 Å². The highest BCUT2D eigenvalue weighted by Gasteiger charge is 2.24. The summed E-state index contributed by atoms with van der Waals surface area (Å²) in [6, 6.07) is 19.3. The maximum atomic E-state index is 13.8. The van der Waals surface area contributed by atoms with Gasteiger partial charge < -0.3 is 5.32 Å². The summed E-state index contributed by atoms with van der Waals surface area (Å²) in [5.41, 5.74) is 2.87. The van der Waals surface area contributed by atoms with Crippen molar-refractivity contribution in [2.75, 3.05) is 5.32 Å². The van der Waals surface area contributed by atoms with Crippen LogP contribution in [0.3, 0.4) is 0 Å². The van der Waals surface area contributed by atoms with E-state index in [0.29, 0.717) is 28.4 Å². The number of benzene rings is 2. The van der Waals surface area contributed by atoms with Crippen molar-refractivity contribution in [3.8, 4) is 22.5 Å². The van der Waals surface area contributed by atoms with Crippen molar-refractivity contribution in [1.29, 1.82) is 0 Å². The van der Waals surface area contributed by atoms with Crippen molar-refractivity contribution >= 4 is 27.0 Å². The Balaban J connectivity index is 1.67. The summed E-state index contributed by atoms with van der Waals surface area (Å²) in [5, 5.41) is 12.0. The van der Waals surface area contributed by atoms with Crippen LogP contribution in [0, 0.1) is 5.82 Å². The third-order valence-electron chi connectivity index (χ3n) is 5.48. The summed E-state index contributed by atoms with van der Waals surface area (Å²) < 4.78 is 44.2. The Bertz CT molecular complexity index is 1700. The molecule has 0 amide bonds. The number of hydrogen-bond acceptors (Lipinski definition) is 6. The molecular weight excluding hydrogens is 491 g/mol. The van der Waals surface area contributed by atoms with Gasteiger partial charge in [-0.2, -0.15) is 0 Å². The first-order valence-electron chi connectivity index (χ1n) is 11.6. The van der Waals surface area contributed by atoms with Gasteiger partial charge >= 0.3 is 0 Å². The number of nitrogens with zero attached hydrogens (tertiary/aromatic N) is 4. The Hall–Kier alpha value is -4.15. The first kappa shape index (κ1) is 24.5. The molecule has 37 heavy (non-hydrogen) atoms. The molecule has 5 rings (SSSR count). The molecule has 2 N–H and O–H groups in total. The van der Waals surface area contributed by atoms with Crippen molar-refractivity contribution in [3.63, 3.8) is 0 Å². The quantitative estimate of drug-likeness (QED) is 0.313. The van der Waals surface area contributed by atoms with Crippen LogP contribution in [0.25, 0.3) is 28.0 Å². The maximum Gasteiger partial charge on any atom is 0.242 e. The molecule has 0 aliphatic rings. The first-order chi connectivity index (χ1) is 17.6. The van der Waals surface area contributed by atoms with Crippen LogP contribution in [0.4, 0.5) is 15.9 Å². The molecule has 0 aliphatic carbocycles. The molecular formula is C27H25FN6O2S. The number of hydrogen-bond donors (Lipinski definition) is 2. The lowest BCUT2D eigenvalue weighted by atomic mass is 10.1. The molecule has 0 radical (unpaired) electrons. The Morgan fingerprint density at radius 2 is 1.68 bits per heavy atom. The van der Waals surface area contributed by atoms with E-state index in [1.54, 1.807) is 39.1 Å². The molecule has 3 aromatic heterocycles. The fourth-order valence-corrected chi connectivity index (χ4v) is 5.43. The number of fused-ring (bicyclic) bond motifs is 1. The van der Waals surface area contributed by atoms with E-state index in [9.17, 15) is 12.8 Å². The summed E-state index contributed by atoms with van der Waals surface area (Å²) in [4.78, 5) is 4.19. The molecule has 8 nitrogen and oxygen atoms in total. The molecule has 2 aromatic carbocycles. The molecule has 0 bridgehead atoms. The van der Waals surface area contributed by atoms with Crippen molar-refractivity contribution in [3.05, 3.63) is 91.1 Å². The highest BCUT2D eigenvalue weighted by Crippen LogP contribution is 2.34. The van der Waals surface area contributed by atoms with E-state index >= 15 is 0 Å². The second-order valence-electron chi connectivity index (χ2n) is 9.59. The summed E-state index contributed by atoms with van der Waals surface area (Å²) in [7, 11) is -3.81. The molecule has 3 heterocycles. The minimum Gasteiger partial charge on any atom is -0.337 e. The average molecular weight is 517 g/mol. The highest BCUT2D eigenvalue weighted by molar-refractivity contribution is 7.89. The van der Waals surface area contributed by atoms with Crippen LogP contribution in [0.5, 0.6) is 0 Å². The Kier molecular flexibility index (Phi) is 6.22. The number of sulfonamides is 1. The summed E-state index contributed by atoms with van der Waals surface area (Å²) >= 11 is 0. The summed E-state index contributed by atoms with van der Waals surface area (Å²) in [6.07, 6.45) is 4.68. The highest BCUT2D eigenvalue weighted by atomic mass is 32.2. The van der Waals surface area contributed by atoms with Crippen LogP contribution >= 0.6 is 0 Å². The van der Waals surface area contributed by atoms with Crippen molar-refractivity contribution in [1.82, 2.24) is 24.3 Å². The predicted octanol–water partition coefficient (Wildman–Crippen LogP) is 5.42. The van der Waals surface area contributed by atoms with E-state index in [1.165, 1.54) is 24.4 Å². The fourth-order valence-electron chi connectivity index (χ4n) is 4.03. The van der Waals surface area contributed by atoms with Crippen LogP contribution in [0.15, 0.2) is 90.2 Å². The lowest BCUT2D eigenvalue weighted by molar-refractivity contribution is 0.491. The number of halogens is 1. The van der Waals surface area contributed by atoms with Gasteiger partial charge in [-0.05, 0) is 56.7 Å². The van der Waals surface area contributed by atoms with E-state index in [1.807, 2.05) is 47.0 Å². The summed E-state index contributed by atoms with van der Waals surface area (Å²) in [6.45, 7) is 5.31. The van der Waals surface area contributed by atoms with Crippen molar-refractivity contribution in [2.24, 2.45) is 0 Å². The molecule has 0 saturated carbocycles. The number of aromatic nitrogens is 4. The van der Waals surface area contributed by atoms with Crippen LogP contribution in [0.2, 0.25) is 0 Å². The lowest BCUT2D eigenvalue weighted by Crippen LogP contribution is -2.40. The standard InChI is InChI=1S/C27H25FN6O2S/c1-27(2,3)33-37(35,36)22-14-19(16-29-17-22)26-32-31-25(30-21-11-7-10-20(28)15-21)24-23(12-13-34(24)26)18-8-5-4-6-9-18/h4-17,33H,1-3H3,(H,30,31). The van der Waals surface area contributed by atoms with Gasteiger partial charge in [-0.15, -0.1) is 10.2 Å². The van der Waals surface area contributed by atoms with E-state index in [-0.39, 0.29) is 10.7 Å². The van der Waals surface area contributed by atoms with Crippen molar-refractivity contribution in [2.45, 2.75) is 31.2 Å². The van der Waals surface area contributed by atoms with Gasteiger partial charge in [0.2, 0.25) is 10.0 Å². The van der Waals surface area contributed by atoms with Gasteiger partial charge in [0.05, 0.1) is 5.52 Å². The van der Waals surface area contributed by atoms with Crippen molar-refractivity contribution < 1.29 is 12.8 Å². The molecule has 0 unspecified atom stereocenters. The van der Waals surface area contributed by atoms with Crippen LogP contribution in [-0.4, -0.2) is 33.5 Å². The molecule has 10 heteroatoms. The number of rotatable bonds is 6. The molecule has 0 aliphatic heterocycles. The third-order valence-corrected chi connectivity index (χ3v) is 7.20. The zero-order valence-electron chi connectivity index (χ0n) is 20.5. The molecule has 0 spiro atoms. The van der Waals surface area contributed by atoms with Gasteiger partial charge in [-0.25, -0.2) is 17.5 Å². The Morgan fingerprint density at radius 3 is 2.41 bits per heavy atom. The molecule has 5 aromatic rings. The van der Waals surface area contributed by atoms with Gasteiger partial charge in [0, 0.05) is 40.9 Å². The van der Waals surface area contributed by atoms with Gasteiger partial charge in [-0.1, -0.05) is 36.4 Å². The van der Waals surface area contributed by atoms with E-state index in [2.05, 4.69) is 25.2 Å². The maximum absolute atomic E-state index is 13.8. The molecule has 0 atom stereocenters. The Labute approximate surface area is 214 Å². The van der Waals surface area contributed by atoms with Crippen LogP contribution < -0.4 is 10.0 Å². The predicted molar refractivity (Wildman–Crippen MR) is 141 cm³/mol. The third kappa shape index (κ3) is 5.20. The van der Waals surface area contributed by atoms with Gasteiger partial charge in [-0.3, -0.25) is 9.38 Å². The summed E-state index contributed by atoms with van der Waals surface area (Å²) in [5.74, 6) is 0.448. The monoisotopic (exact) mass is 516 g/mol. The lowest BCUT2D eigenvalue weighted by Gasteiger charge is -2.20. The Morgan fingerprint density at radius 1 is 0.892 bits per heavy atom. The van der Waals surface area contributed by atoms with Gasteiger partial charge in [0.25, 0.3) is 0 Å². The molecule has 0 saturated heterocycles. The number of anilines is 2. The van der Waals surface area contributed by atoms with Crippen LogP contribution in [-0.2, 0) is 10.0 Å². The zero-order chi connectivity index (χ0) is 26.2. The van der Waals surface area contributed by atoms with Crippen LogP contribution in [0.1, 0.15) is 20.8 Å². The smallest absolute Gasteiger partial charge is 0.242 e. The van der Waals surface area contributed by atoms with E-state index in [0.717, 1.165) is 11.1 Å². The zero-order valence-corrected chi connectivity index (χ0v) is 21.3. The van der Waals surface area contributed by atoms with Gasteiger partial charge in [0.15, 0.2) is 11.6 Å². The first-order valence-corrected chi connectivity index (χ1v) is 13.0. The van der Waals surface area contributed by atoms with E-state index < -0.39 is 15.6 Å². The minimum atomic E-state index is -3.81. The second kappa shape index (κ2) is 9.38. The number of pyridine rings is 1. The fraction of sp³-hybridized carbons (Fsp3) is 0.148. The normalized spacial score (nSPS) is 12.1. The largest absolute Gasteiger partial charge is 0.337 e. The molecule has 0 fully saturated rings. The second-order valence-corrected chi connectivity index (χ2v) is 11.3. The molecule has 188 valence electrons. The number of nitrogens with one attached hydrogen (secondary N) is 2. The van der Waals surface area contributed by atoms with Gasteiger partial charge in [0.1, 0.15) is 10.7 Å².